The lowest BCUT2D eigenvalue weighted by atomic mass is 10.1. The molecule has 0 aliphatic carbocycles. The van der Waals surface area contributed by atoms with Crippen LogP contribution in [-0.2, 0) is 11.3 Å². The fourth-order valence-electron chi connectivity index (χ4n) is 2.55. The van der Waals surface area contributed by atoms with Crippen LogP contribution < -0.4 is 10.1 Å². The van der Waals surface area contributed by atoms with Gasteiger partial charge in [0.2, 0.25) is 0 Å². The van der Waals surface area contributed by atoms with Crippen molar-refractivity contribution < 1.29 is 9.53 Å². The molecule has 1 amide bonds. The van der Waals surface area contributed by atoms with Crippen molar-refractivity contribution in [3.63, 3.8) is 0 Å². The first-order chi connectivity index (χ1) is 12.0. The van der Waals surface area contributed by atoms with E-state index in [0.717, 1.165) is 30.9 Å². The number of benzene rings is 2. The van der Waals surface area contributed by atoms with Gasteiger partial charge in [-0.1, -0.05) is 32.0 Å². The summed E-state index contributed by atoms with van der Waals surface area (Å²) in [5, 5.41) is 2.87. The monoisotopic (exact) mass is 340 g/mol. The molecule has 0 heterocycles. The molecule has 0 saturated heterocycles. The van der Waals surface area contributed by atoms with Crippen LogP contribution in [0.3, 0.4) is 0 Å². The van der Waals surface area contributed by atoms with Gasteiger partial charge in [0.1, 0.15) is 5.75 Å². The number of hydrogen-bond donors (Lipinski definition) is 1. The van der Waals surface area contributed by atoms with Crippen LogP contribution in [-0.4, -0.2) is 30.5 Å². The number of amides is 1. The highest BCUT2D eigenvalue weighted by molar-refractivity contribution is 5.91. The maximum Gasteiger partial charge on any atom is 0.262 e. The zero-order valence-corrected chi connectivity index (χ0v) is 15.6. The van der Waals surface area contributed by atoms with Crippen molar-refractivity contribution in [2.45, 2.75) is 34.2 Å². The van der Waals surface area contributed by atoms with E-state index in [-0.39, 0.29) is 12.5 Å². The standard InChI is InChI=1S/C21H28N2O2/c1-5-23(6-2)14-18-8-10-19(11-9-18)22-21(24)15-25-20-12-7-16(3)17(4)13-20/h7-13H,5-6,14-15H2,1-4H3,(H,22,24). The third kappa shape index (κ3) is 5.91. The summed E-state index contributed by atoms with van der Waals surface area (Å²) in [5.74, 6) is 0.558. The van der Waals surface area contributed by atoms with Gasteiger partial charge in [0, 0.05) is 12.2 Å². The second-order valence-electron chi connectivity index (χ2n) is 6.24. The van der Waals surface area contributed by atoms with Crippen molar-refractivity contribution >= 4 is 11.6 Å². The van der Waals surface area contributed by atoms with Crippen LogP contribution in [0.5, 0.6) is 5.75 Å². The van der Waals surface area contributed by atoms with E-state index in [4.69, 9.17) is 4.74 Å². The summed E-state index contributed by atoms with van der Waals surface area (Å²) in [7, 11) is 0. The van der Waals surface area contributed by atoms with Crippen LogP contribution >= 0.6 is 0 Å². The van der Waals surface area contributed by atoms with Gasteiger partial charge in [-0.05, 0) is 67.9 Å². The van der Waals surface area contributed by atoms with E-state index in [9.17, 15) is 4.79 Å². The summed E-state index contributed by atoms with van der Waals surface area (Å²) >= 11 is 0. The first kappa shape index (κ1) is 19.0. The average molecular weight is 340 g/mol. The molecule has 0 spiro atoms. The molecule has 4 nitrogen and oxygen atoms in total. The molecule has 0 radical (unpaired) electrons. The Kier molecular flexibility index (Phi) is 7.02. The highest BCUT2D eigenvalue weighted by Gasteiger charge is 2.06. The Labute approximate surface area is 150 Å². The highest BCUT2D eigenvalue weighted by Crippen LogP contribution is 2.16. The fraction of sp³-hybridized carbons (Fsp3) is 0.381. The fourth-order valence-corrected chi connectivity index (χ4v) is 2.55. The number of ether oxygens (including phenoxy) is 1. The molecule has 0 aliphatic rings. The molecule has 1 N–H and O–H groups in total. The zero-order valence-electron chi connectivity index (χ0n) is 15.6. The minimum atomic E-state index is -0.158. The first-order valence-corrected chi connectivity index (χ1v) is 8.83. The van der Waals surface area contributed by atoms with Crippen LogP contribution in [0.15, 0.2) is 42.5 Å². The third-order valence-corrected chi connectivity index (χ3v) is 4.39. The normalized spacial score (nSPS) is 10.8. The van der Waals surface area contributed by atoms with Gasteiger partial charge in [-0.25, -0.2) is 0 Å². The predicted octanol–water partition coefficient (Wildman–Crippen LogP) is 4.16. The van der Waals surface area contributed by atoms with Gasteiger partial charge in [0.25, 0.3) is 5.91 Å². The second kappa shape index (κ2) is 9.23. The molecule has 0 unspecified atom stereocenters. The molecular weight excluding hydrogens is 312 g/mol. The molecule has 0 fully saturated rings. The second-order valence-corrected chi connectivity index (χ2v) is 6.24. The summed E-state index contributed by atoms with van der Waals surface area (Å²) in [6, 6.07) is 13.8. The highest BCUT2D eigenvalue weighted by atomic mass is 16.5. The number of hydrogen-bond acceptors (Lipinski definition) is 3. The van der Waals surface area contributed by atoms with E-state index in [1.807, 2.05) is 37.3 Å². The largest absolute Gasteiger partial charge is 0.484 e. The van der Waals surface area contributed by atoms with Crippen LogP contribution in [0.2, 0.25) is 0 Å². The van der Waals surface area contributed by atoms with Gasteiger partial charge in [-0.2, -0.15) is 0 Å². The van der Waals surface area contributed by atoms with Crippen LogP contribution in [0, 0.1) is 13.8 Å². The first-order valence-electron chi connectivity index (χ1n) is 8.83. The van der Waals surface area contributed by atoms with Gasteiger partial charge < -0.3 is 10.1 Å². The summed E-state index contributed by atoms with van der Waals surface area (Å²) in [4.78, 5) is 14.4. The Balaban J connectivity index is 1.84. The Morgan fingerprint density at radius 1 is 1.00 bits per heavy atom. The molecule has 0 atom stereocenters. The quantitative estimate of drug-likeness (QED) is 0.784. The summed E-state index contributed by atoms with van der Waals surface area (Å²) in [6.45, 7) is 11.4. The van der Waals surface area contributed by atoms with Gasteiger partial charge in [-0.3, -0.25) is 9.69 Å². The topological polar surface area (TPSA) is 41.6 Å². The lowest BCUT2D eigenvalue weighted by molar-refractivity contribution is -0.118. The number of anilines is 1. The van der Waals surface area contributed by atoms with Gasteiger partial charge in [-0.15, -0.1) is 0 Å². The van der Waals surface area contributed by atoms with E-state index in [2.05, 4.69) is 43.1 Å². The lowest BCUT2D eigenvalue weighted by Gasteiger charge is -2.18. The molecule has 2 aromatic carbocycles. The number of carbonyl (C=O) groups is 1. The Morgan fingerprint density at radius 3 is 2.28 bits per heavy atom. The summed E-state index contributed by atoms with van der Waals surface area (Å²) < 4.78 is 5.56. The summed E-state index contributed by atoms with van der Waals surface area (Å²) in [6.07, 6.45) is 0. The number of nitrogens with one attached hydrogen (secondary N) is 1. The van der Waals surface area contributed by atoms with Crippen molar-refractivity contribution in [1.82, 2.24) is 4.90 Å². The molecular formula is C21H28N2O2. The van der Waals surface area contributed by atoms with Gasteiger partial charge in [0.15, 0.2) is 6.61 Å². The number of aryl methyl sites for hydroxylation is 2. The van der Waals surface area contributed by atoms with Crippen molar-refractivity contribution in [2.24, 2.45) is 0 Å². The molecule has 0 aromatic heterocycles. The molecule has 25 heavy (non-hydrogen) atoms. The third-order valence-electron chi connectivity index (χ3n) is 4.39. The lowest BCUT2D eigenvalue weighted by Crippen LogP contribution is -2.22. The molecule has 2 aromatic rings. The van der Waals surface area contributed by atoms with E-state index < -0.39 is 0 Å². The van der Waals surface area contributed by atoms with Crippen molar-refractivity contribution in [3.05, 3.63) is 59.2 Å². The number of nitrogens with zero attached hydrogens (tertiary/aromatic N) is 1. The minimum Gasteiger partial charge on any atom is -0.484 e. The predicted molar refractivity (Wildman–Crippen MR) is 103 cm³/mol. The zero-order chi connectivity index (χ0) is 18.2. The SMILES string of the molecule is CCN(CC)Cc1ccc(NC(=O)COc2ccc(C)c(C)c2)cc1. The van der Waals surface area contributed by atoms with Gasteiger partial charge in [0.05, 0.1) is 0 Å². The van der Waals surface area contributed by atoms with Crippen molar-refractivity contribution in [3.8, 4) is 5.75 Å². The van der Waals surface area contributed by atoms with Crippen molar-refractivity contribution in [2.75, 3.05) is 25.0 Å². The average Bonchev–Trinajstić information content (AvgIpc) is 2.62. The minimum absolute atomic E-state index is 0.00367. The van der Waals surface area contributed by atoms with E-state index in [1.165, 1.54) is 11.1 Å². The van der Waals surface area contributed by atoms with Crippen LogP contribution in [0.1, 0.15) is 30.5 Å². The van der Waals surface area contributed by atoms with E-state index in [1.54, 1.807) is 0 Å². The van der Waals surface area contributed by atoms with E-state index >= 15 is 0 Å². The smallest absolute Gasteiger partial charge is 0.262 e. The number of carbonyl (C=O) groups excluding carboxylic acids is 1. The molecule has 4 heteroatoms. The van der Waals surface area contributed by atoms with E-state index in [0.29, 0.717) is 5.75 Å². The Morgan fingerprint density at radius 2 is 1.68 bits per heavy atom. The molecule has 134 valence electrons. The maximum atomic E-state index is 12.0. The van der Waals surface area contributed by atoms with Crippen molar-refractivity contribution in [1.29, 1.82) is 0 Å². The number of rotatable bonds is 8. The summed E-state index contributed by atoms with van der Waals surface area (Å²) in [5.41, 5.74) is 4.40. The van der Waals surface area contributed by atoms with Gasteiger partial charge >= 0.3 is 0 Å². The Bertz CT molecular complexity index is 692. The molecule has 0 bridgehead atoms. The Hall–Kier alpha value is -2.33. The van der Waals surface area contributed by atoms with Crippen LogP contribution in [0.4, 0.5) is 5.69 Å². The molecule has 0 aliphatic heterocycles. The molecule has 2 rings (SSSR count). The van der Waals surface area contributed by atoms with Crippen LogP contribution in [0.25, 0.3) is 0 Å². The maximum absolute atomic E-state index is 12.0. The molecule has 0 saturated carbocycles.